The van der Waals surface area contributed by atoms with Crippen LogP contribution in [0.1, 0.15) is 38.1 Å². The average Bonchev–Trinajstić information content (AvgIpc) is 3.15. The summed E-state index contributed by atoms with van der Waals surface area (Å²) >= 11 is 0. The summed E-state index contributed by atoms with van der Waals surface area (Å²) in [5.41, 5.74) is 10.8. The first kappa shape index (κ1) is 16.4. The monoisotopic (exact) mass is 321 g/mol. The Hall–Kier alpha value is -1.48. The molecule has 2 unspecified atom stereocenters. The Balaban J connectivity index is 1.52. The molecule has 23 heavy (non-hydrogen) atoms. The largest absolute Gasteiger partial charge is 0.349 e. The van der Waals surface area contributed by atoms with Gasteiger partial charge in [0.05, 0.1) is 24.5 Å². The van der Waals surface area contributed by atoms with Gasteiger partial charge in [-0.1, -0.05) is 13.3 Å². The maximum Gasteiger partial charge on any atom is 0.240 e. The van der Waals surface area contributed by atoms with Gasteiger partial charge in [0.15, 0.2) is 0 Å². The third kappa shape index (κ3) is 3.89. The number of unbranched alkanes of at least 4 members (excludes halogenated alkanes) is 1. The molecule has 2 aliphatic rings. The number of nitrogens with one attached hydrogen (secondary N) is 4. The van der Waals surface area contributed by atoms with Crippen LogP contribution in [-0.4, -0.2) is 45.8 Å². The Bertz CT molecular complexity index is 544. The molecule has 2 atom stereocenters. The van der Waals surface area contributed by atoms with Gasteiger partial charge in [-0.15, -0.1) is 0 Å². The van der Waals surface area contributed by atoms with Gasteiger partial charge in [-0.05, 0) is 26.0 Å². The second kappa shape index (κ2) is 7.39. The molecule has 1 fully saturated rings. The fraction of sp³-hybridized carbons (Fsp3) is 0.733. The summed E-state index contributed by atoms with van der Waals surface area (Å²) in [4.78, 5) is 14.6. The van der Waals surface area contributed by atoms with Gasteiger partial charge in [-0.2, -0.15) is 10.6 Å². The summed E-state index contributed by atoms with van der Waals surface area (Å²) in [5.74, 6) is -0.0226. The van der Waals surface area contributed by atoms with Crippen molar-refractivity contribution in [1.82, 2.24) is 36.4 Å². The van der Waals surface area contributed by atoms with Crippen molar-refractivity contribution in [3.63, 3.8) is 0 Å². The van der Waals surface area contributed by atoms with Crippen LogP contribution in [-0.2, 0) is 24.4 Å². The molecular formula is C15H27N7O. The molecule has 128 valence electrons. The zero-order valence-electron chi connectivity index (χ0n) is 13.9. The second-order valence-corrected chi connectivity index (χ2v) is 6.38. The van der Waals surface area contributed by atoms with Crippen LogP contribution in [0.5, 0.6) is 0 Å². The van der Waals surface area contributed by atoms with Gasteiger partial charge in [-0.3, -0.25) is 14.4 Å². The van der Waals surface area contributed by atoms with Crippen LogP contribution in [0.3, 0.4) is 0 Å². The van der Waals surface area contributed by atoms with E-state index in [0.717, 1.165) is 31.9 Å². The van der Waals surface area contributed by atoms with Crippen molar-refractivity contribution < 1.29 is 4.79 Å². The third-order valence-electron chi connectivity index (χ3n) is 4.51. The van der Waals surface area contributed by atoms with Crippen LogP contribution in [0.2, 0.25) is 0 Å². The van der Waals surface area contributed by atoms with E-state index in [1.54, 1.807) is 0 Å². The van der Waals surface area contributed by atoms with E-state index in [9.17, 15) is 4.79 Å². The molecule has 1 saturated heterocycles. The van der Waals surface area contributed by atoms with Gasteiger partial charge < -0.3 is 5.32 Å². The summed E-state index contributed by atoms with van der Waals surface area (Å²) in [5, 5.41) is 7.56. The minimum absolute atomic E-state index is 0.0226. The molecule has 0 bridgehead atoms. The van der Waals surface area contributed by atoms with Crippen molar-refractivity contribution in [1.29, 1.82) is 0 Å². The molecule has 0 saturated carbocycles. The summed E-state index contributed by atoms with van der Waals surface area (Å²) in [6.45, 7) is 8.74. The first-order valence-corrected chi connectivity index (χ1v) is 8.49. The maximum atomic E-state index is 12.1. The van der Waals surface area contributed by atoms with Crippen LogP contribution >= 0.6 is 0 Å². The van der Waals surface area contributed by atoms with E-state index in [4.69, 9.17) is 0 Å². The lowest BCUT2D eigenvalue weighted by Crippen LogP contribution is -2.46. The molecule has 1 aromatic heterocycles. The lowest BCUT2D eigenvalue weighted by atomic mass is 10.1. The molecule has 3 rings (SSSR count). The summed E-state index contributed by atoms with van der Waals surface area (Å²) < 4.78 is 2.07. The number of nitrogens with zero attached hydrogens (tertiary/aromatic N) is 3. The van der Waals surface area contributed by atoms with Gasteiger partial charge in [0.25, 0.3) is 0 Å². The van der Waals surface area contributed by atoms with Crippen molar-refractivity contribution in [2.24, 2.45) is 0 Å². The van der Waals surface area contributed by atoms with Gasteiger partial charge in [-0.25, -0.2) is 10.9 Å². The predicted octanol–water partition coefficient (Wildman–Crippen LogP) is -0.515. The molecule has 3 heterocycles. The topological polar surface area (TPSA) is 86.2 Å². The Kier molecular flexibility index (Phi) is 5.27. The second-order valence-electron chi connectivity index (χ2n) is 6.38. The Morgan fingerprint density at radius 1 is 1.43 bits per heavy atom. The fourth-order valence-electron chi connectivity index (χ4n) is 3.06. The number of fused-ring (bicyclic) bond motifs is 1. The number of rotatable bonds is 6. The molecule has 1 amide bonds. The Labute approximate surface area is 136 Å². The molecule has 2 aliphatic heterocycles. The summed E-state index contributed by atoms with van der Waals surface area (Å²) in [7, 11) is 0. The van der Waals surface area contributed by atoms with Gasteiger partial charge in [0.2, 0.25) is 5.91 Å². The average molecular weight is 321 g/mol. The summed E-state index contributed by atoms with van der Waals surface area (Å²) in [6.07, 6.45) is 2.47. The van der Waals surface area contributed by atoms with Crippen LogP contribution in [0.15, 0.2) is 6.07 Å². The normalized spacial score (nSPS) is 24.6. The third-order valence-corrected chi connectivity index (χ3v) is 4.51. The van der Waals surface area contributed by atoms with E-state index in [1.165, 1.54) is 18.5 Å². The molecule has 8 nitrogen and oxygen atoms in total. The molecular weight excluding hydrogens is 294 g/mol. The number of aromatic nitrogens is 2. The molecule has 4 N–H and O–H groups in total. The molecule has 0 radical (unpaired) electrons. The van der Waals surface area contributed by atoms with E-state index in [2.05, 4.69) is 49.4 Å². The number of hydrogen-bond donors (Lipinski definition) is 4. The lowest BCUT2D eigenvalue weighted by molar-refractivity contribution is -0.123. The molecule has 0 aliphatic carbocycles. The van der Waals surface area contributed by atoms with Gasteiger partial charge >= 0.3 is 0 Å². The number of amides is 1. The van der Waals surface area contributed by atoms with Gasteiger partial charge in [0, 0.05) is 19.1 Å². The number of hydrazine groups is 2. The smallest absolute Gasteiger partial charge is 0.240 e. The van der Waals surface area contributed by atoms with E-state index >= 15 is 0 Å². The van der Waals surface area contributed by atoms with Crippen LogP contribution < -0.4 is 21.7 Å². The maximum absolute atomic E-state index is 12.1. The van der Waals surface area contributed by atoms with E-state index < -0.39 is 0 Å². The first-order chi connectivity index (χ1) is 11.2. The summed E-state index contributed by atoms with van der Waals surface area (Å²) in [6, 6.07) is 1.90. The van der Waals surface area contributed by atoms with Crippen molar-refractivity contribution >= 4 is 5.91 Å². The highest BCUT2D eigenvalue weighted by molar-refractivity contribution is 5.82. The Morgan fingerprint density at radius 3 is 3.04 bits per heavy atom. The number of carbonyl (C=O) groups excluding carboxylic acids is 1. The van der Waals surface area contributed by atoms with E-state index in [1.807, 2.05) is 6.92 Å². The molecule has 8 heteroatoms. The zero-order chi connectivity index (χ0) is 16.2. The van der Waals surface area contributed by atoms with E-state index in [0.29, 0.717) is 6.54 Å². The van der Waals surface area contributed by atoms with Crippen LogP contribution in [0, 0.1) is 0 Å². The van der Waals surface area contributed by atoms with Crippen molar-refractivity contribution in [2.75, 3.05) is 13.1 Å². The fourth-order valence-corrected chi connectivity index (χ4v) is 3.06. The predicted molar refractivity (Wildman–Crippen MR) is 86.9 cm³/mol. The van der Waals surface area contributed by atoms with E-state index in [-0.39, 0.29) is 18.0 Å². The van der Waals surface area contributed by atoms with Crippen molar-refractivity contribution in [2.45, 2.75) is 58.4 Å². The Morgan fingerprint density at radius 2 is 2.30 bits per heavy atom. The molecule has 0 spiro atoms. The minimum Gasteiger partial charge on any atom is -0.349 e. The standard InChI is InChI=1S/C15H27N7O/c1-3-4-5-21-6-7-22-13(10-21)8-12(19-22)9-16-15(23)14-11(2)17-20-18-14/h8,11,14,17-18,20H,3-7,9-10H2,1-2H3,(H,16,23). The van der Waals surface area contributed by atoms with Crippen molar-refractivity contribution in [3.8, 4) is 0 Å². The SMILES string of the molecule is CCCCN1CCn2nc(CNC(=O)C3NNNC3C)cc2C1. The van der Waals surface area contributed by atoms with Crippen molar-refractivity contribution in [3.05, 3.63) is 17.5 Å². The van der Waals surface area contributed by atoms with Crippen LogP contribution in [0.25, 0.3) is 0 Å². The lowest BCUT2D eigenvalue weighted by Gasteiger charge is -2.27. The van der Waals surface area contributed by atoms with Gasteiger partial charge in [0.1, 0.15) is 6.04 Å². The van der Waals surface area contributed by atoms with Crippen LogP contribution in [0.4, 0.5) is 0 Å². The first-order valence-electron chi connectivity index (χ1n) is 8.49. The quantitative estimate of drug-likeness (QED) is 0.564. The highest BCUT2D eigenvalue weighted by atomic mass is 16.2. The minimum atomic E-state index is -0.267. The number of carbonyl (C=O) groups is 1. The number of hydrogen-bond acceptors (Lipinski definition) is 6. The molecule has 0 aromatic carbocycles. The molecule has 1 aromatic rings. The highest BCUT2D eigenvalue weighted by Gasteiger charge is 2.29. The zero-order valence-corrected chi connectivity index (χ0v) is 13.9. The highest BCUT2D eigenvalue weighted by Crippen LogP contribution is 2.14.